The van der Waals surface area contributed by atoms with Crippen LogP contribution in [0.5, 0.6) is 0 Å². The van der Waals surface area contributed by atoms with Crippen LogP contribution in [-0.2, 0) is 132 Å². The number of fused-ring (bicyclic) bond motifs is 16. The molecule has 0 saturated carbocycles. The Balaban J connectivity index is 0.000000133. The number of hydrogen-bond acceptors (Lipinski definition) is 8. The standard InChI is InChI=1S/4C33H31N2O.4Ir/c1-21(2)18-24-20-25(19-22(3)4)32-30(26-14-8-11-17-29(26)36-32)31(24)35-28-16-10-9-15-27(28)34-33(35)23-12-6-5-7-13-23;1-21(2)18-24-20-25(19-22(3)4)31(32-30(24)26-14-8-11-17-29(26)36-32)35-28-16-10-9-15-27(28)34-33(35)23-12-6-5-7-13-23;1-21(2)18-24-20-26-25-14-8-11-17-30(25)36-32(26)27(19-22(3)4)31(24)35-29-16-10-9-15-28(29)34-33(35)23-12-6-5-7-13-23;1-21(2)18-24-20-30-31(25-14-8-11-17-29(25)36-30)26(19-22(3)4)32(24)35-28-16-10-9-15-27(28)34-33(35)23-12-6-5-7-13-23;;;;/h4*5-12,14-17,20-22H,18-19H2,1-4H3;;;;/q4*-1;;;;. The van der Waals surface area contributed by atoms with Gasteiger partial charge in [-0.1, -0.05) is 238 Å². The average molecular weight is 2660 g/mol. The van der Waals surface area contributed by atoms with Gasteiger partial charge in [-0.2, -0.15) is 0 Å². The molecular formula is C132H124Ir4N8O4-4. The minimum Gasteiger partial charge on any atom is -0.456 e. The number of furan rings is 4. The molecule has 8 aromatic heterocycles. The van der Waals surface area contributed by atoms with Gasteiger partial charge in [0, 0.05) is 135 Å². The van der Waals surface area contributed by atoms with E-state index in [1.165, 1.54) is 99.3 Å². The Hall–Kier alpha value is -12.8. The monoisotopic (exact) mass is 2660 g/mol. The van der Waals surface area contributed by atoms with Crippen molar-refractivity contribution in [2.24, 2.45) is 47.3 Å². The fourth-order valence-corrected chi connectivity index (χ4v) is 21.7. The van der Waals surface area contributed by atoms with Crippen molar-refractivity contribution in [1.82, 2.24) is 38.2 Å². The first-order chi connectivity index (χ1) is 70.0. The van der Waals surface area contributed by atoms with E-state index >= 15 is 0 Å². The first kappa shape index (κ1) is 107. The van der Waals surface area contributed by atoms with Crippen LogP contribution in [0.2, 0.25) is 0 Å². The van der Waals surface area contributed by atoms with Gasteiger partial charge in [-0.25, -0.2) is 0 Å². The summed E-state index contributed by atoms with van der Waals surface area (Å²) in [6, 6.07) is 123. The molecule has 0 spiro atoms. The van der Waals surface area contributed by atoms with Gasteiger partial charge in [0.2, 0.25) is 0 Å². The van der Waals surface area contributed by atoms with Crippen molar-refractivity contribution < 1.29 is 98.1 Å². The maximum atomic E-state index is 6.73. The van der Waals surface area contributed by atoms with E-state index < -0.39 is 0 Å². The molecule has 4 radical (unpaired) electrons. The zero-order valence-corrected chi connectivity index (χ0v) is 96.4. The Morgan fingerprint density at radius 2 is 0.500 bits per heavy atom. The number of para-hydroxylation sites is 12. The molecule has 756 valence electrons. The number of hydrogen-bond donors (Lipinski definition) is 0. The summed E-state index contributed by atoms with van der Waals surface area (Å²) in [6.07, 6.45) is 7.71. The van der Waals surface area contributed by atoms with Crippen LogP contribution in [0, 0.1) is 71.6 Å². The quantitative estimate of drug-likeness (QED) is 0.0548. The number of benzene rings is 16. The van der Waals surface area contributed by atoms with Gasteiger partial charge in [0.25, 0.3) is 0 Å². The van der Waals surface area contributed by atoms with Crippen molar-refractivity contribution in [3.8, 4) is 68.3 Å². The Morgan fingerprint density at radius 1 is 0.216 bits per heavy atom. The molecule has 8 heterocycles. The second-order valence-corrected chi connectivity index (χ2v) is 42.3. The van der Waals surface area contributed by atoms with Crippen LogP contribution >= 0.6 is 0 Å². The van der Waals surface area contributed by atoms with Gasteiger partial charge >= 0.3 is 0 Å². The van der Waals surface area contributed by atoms with Gasteiger partial charge in [0.15, 0.2) is 5.58 Å². The van der Waals surface area contributed by atoms with E-state index in [1.807, 2.05) is 54.6 Å². The molecule has 12 nitrogen and oxygen atoms in total. The third kappa shape index (κ3) is 21.2. The van der Waals surface area contributed by atoms with E-state index in [0.717, 1.165) is 197 Å². The second-order valence-electron chi connectivity index (χ2n) is 42.3. The molecule has 0 saturated heterocycles. The van der Waals surface area contributed by atoms with Gasteiger partial charge in [0.1, 0.15) is 39.1 Å². The molecule has 16 heteroatoms. The molecule has 0 unspecified atom stereocenters. The normalized spacial score (nSPS) is 11.7. The second kappa shape index (κ2) is 46.1. The molecule has 0 aliphatic rings. The molecule has 0 aliphatic carbocycles. The van der Waals surface area contributed by atoms with Gasteiger partial charge in [-0.15, -0.1) is 144 Å². The van der Waals surface area contributed by atoms with Crippen LogP contribution in [0.25, 0.3) is 200 Å². The molecule has 0 fully saturated rings. The smallest absolute Gasteiger partial charge is 0.159 e. The number of imidazole rings is 4. The molecule has 0 amide bonds. The van der Waals surface area contributed by atoms with Crippen molar-refractivity contribution in [2.75, 3.05) is 0 Å². The maximum absolute atomic E-state index is 6.73. The topological polar surface area (TPSA) is 124 Å². The summed E-state index contributed by atoms with van der Waals surface area (Å²) in [7, 11) is 0. The molecule has 24 aromatic rings. The Bertz CT molecular complexity index is 8770. The molecular weight excluding hydrogens is 2530 g/mol. The summed E-state index contributed by atoms with van der Waals surface area (Å²) in [5, 5.41) is 9.53. The largest absolute Gasteiger partial charge is 0.456 e. The van der Waals surface area contributed by atoms with E-state index in [2.05, 4.69) is 414 Å². The van der Waals surface area contributed by atoms with Gasteiger partial charge in [-0.3, -0.25) is 19.9 Å². The van der Waals surface area contributed by atoms with Crippen molar-refractivity contribution in [3.63, 3.8) is 0 Å². The predicted octanol–water partition coefficient (Wildman–Crippen LogP) is 35.1. The minimum absolute atomic E-state index is 0. The van der Waals surface area contributed by atoms with Gasteiger partial charge in [-0.05, 0) is 229 Å². The summed E-state index contributed by atoms with van der Waals surface area (Å²) in [5.41, 5.74) is 35.2. The molecule has 0 atom stereocenters. The first-order valence-corrected chi connectivity index (χ1v) is 51.7. The molecule has 0 bridgehead atoms. The zero-order valence-electron chi connectivity index (χ0n) is 86.8. The van der Waals surface area contributed by atoms with Crippen LogP contribution in [-0.4, -0.2) is 38.2 Å². The minimum atomic E-state index is 0. The molecule has 24 rings (SSSR count). The molecule has 0 aliphatic heterocycles. The molecule has 0 N–H and O–H groups in total. The van der Waals surface area contributed by atoms with E-state index in [-0.39, 0.29) is 80.4 Å². The summed E-state index contributed by atoms with van der Waals surface area (Å²) in [5.74, 6) is 7.68. The van der Waals surface area contributed by atoms with Crippen LogP contribution in [0.1, 0.15) is 155 Å². The van der Waals surface area contributed by atoms with Crippen molar-refractivity contribution in [2.45, 2.75) is 162 Å². The average Bonchev–Trinajstić information content (AvgIpc) is 1.57. The SMILES string of the molecule is CC(C)Cc1cc(CC(C)C)c2c(oc3ccccc32)c1-n1c(-c2[c-]cccc2)nc2ccccc21.CC(C)Cc1cc(CC(C)C)c2oc3ccccc3c2c1-n1c(-c2[c-]cccc2)nc2ccccc21.CC(C)Cc1cc2c(oc3ccccc32)c(CC(C)C)c1-n1c(-c2[c-]cccc2)nc2ccccc21.CC(C)Cc1cc2oc3ccccc3c2c(CC(C)C)c1-n1c(-c2[c-]cccc2)nc2ccccc21.[Ir].[Ir].[Ir].[Ir]. The van der Waals surface area contributed by atoms with Crippen LogP contribution < -0.4 is 0 Å². The third-order valence-electron chi connectivity index (χ3n) is 27.1. The summed E-state index contributed by atoms with van der Waals surface area (Å²) >= 11 is 0. The zero-order chi connectivity index (χ0) is 99.2. The Morgan fingerprint density at radius 3 is 0.905 bits per heavy atom. The van der Waals surface area contributed by atoms with Crippen molar-refractivity contribution in [1.29, 1.82) is 0 Å². The van der Waals surface area contributed by atoms with E-state index in [4.69, 9.17) is 37.6 Å². The predicted molar refractivity (Wildman–Crippen MR) is 599 cm³/mol. The fourth-order valence-electron chi connectivity index (χ4n) is 21.7. The Labute approximate surface area is 922 Å². The van der Waals surface area contributed by atoms with Crippen molar-refractivity contribution >= 4 is 132 Å². The third-order valence-corrected chi connectivity index (χ3v) is 27.1. The summed E-state index contributed by atoms with van der Waals surface area (Å²) in [4.78, 5) is 20.5. The summed E-state index contributed by atoms with van der Waals surface area (Å²) in [6.45, 7) is 36.6. The number of rotatable bonds is 24. The van der Waals surface area contributed by atoms with Gasteiger partial charge in [0.05, 0.1) is 84.2 Å². The Kier molecular flexibility index (Phi) is 33.2. The fraction of sp³-hybridized carbons (Fsp3) is 0.242. The van der Waals surface area contributed by atoms with Crippen LogP contribution in [0.4, 0.5) is 0 Å². The first-order valence-electron chi connectivity index (χ1n) is 51.7. The van der Waals surface area contributed by atoms with Crippen LogP contribution in [0.15, 0.2) is 333 Å². The summed E-state index contributed by atoms with van der Waals surface area (Å²) < 4.78 is 35.8. The van der Waals surface area contributed by atoms with E-state index in [9.17, 15) is 0 Å². The number of aromatic nitrogens is 8. The van der Waals surface area contributed by atoms with E-state index in [1.54, 1.807) is 0 Å². The van der Waals surface area contributed by atoms with Crippen molar-refractivity contribution in [3.05, 3.63) is 384 Å². The van der Waals surface area contributed by atoms with Crippen LogP contribution in [0.3, 0.4) is 0 Å². The van der Waals surface area contributed by atoms with Gasteiger partial charge < -0.3 is 35.9 Å². The molecule has 148 heavy (non-hydrogen) atoms. The maximum Gasteiger partial charge on any atom is 0.159 e. The van der Waals surface area contributed by atoms with E-state index in [0.29, 0.717) is 47.3 Å². The molecule has 16 aromatic carbocycles. The number of nitrogens with zero attached hydrogens (tertiary/aromatic N) is 8.